The molecule has 0 spiro atoms. The summed E-state index contributed by atoms with van der Waals surface area (Å²) in [5, 5.41) is 9.05. The highest BCUT2D eigenvalue weighted by Crippen LogP contribution is 2.18. The Morgan fingerprint density at radius 2 is 1.84 bits per heavy atom. The normalized spacial score (nSPS) is 18.6. The number of benzene rings is 1. The van der Waals surface area contributed by atoms with Crippen molar-refractivity contribution in [2.24, 2.45) is 5.92 Å². The summed E-state index contributed by atoms with van der Waals surface area (Å²) in [7, 11) is -3.41. The van der Waals surface area contributed by atoms with Crippen LogP contribution in [0, 0.1) is 5.92 Å². The van der Waals surface area contributed by atoms with E-state index in [0.717, 1.165) is 18.4 Å². The number of nitrogens with one attached hydrogen (secondary N) is 1. The highest BCUT2D eigenvalue weighted by molar-refractivity contribution is 7.87. The Hall–Kier alpha value is -0.950. The van der Waals surface area contributed by atoms with Gasteiger partial charge in [-0.05, 0) is 24.3 Å². The molecule has 0 unspecified atom stereocenters. The van der Waals surface area contributed by atoms with E-state index >= 15 is 0 Å². The number of nitrogens with zero attached hydrogens (tertiary/aromatic N) is 1. The summed E-state index contributed by atoms with van der Waals surface area (Å²) in [6.07, 6.45) is 1.45. The van der Waals surface area contributed by atoms with Crippen molar-refractivity contribution in [3.8, 4) is 0 Å². The van der Waals surface area contributed by atoms with Crippen LogP contribution in [0.1, 0.15) is 18.4 Å². The maximum atomic E-state index is 12.1. The number of rotatable bonds is 5. The highest BCUT2D eigenvalue weighted by atomic mass is 32.2. The molecule has 2 N–H and O–H groups in total. The van der Waals surface area contributed by atoms with Gasteiger partial charge in [0.25, 0.3) is 10.2 Å². The molecule has 1 aromatic rings. The van der Waals surface area contributed by atoms with Gasteiger partial charge in [-0.25, -0.2) is 0 Å². The van der Waals surface area contributed by atoms with E-state index in [0.29, 0.717) is 19.6 Å². The molecule has 1 fully saturated rings. The van der Waals surface area contributed by atoms with Crippen LogP contribution in [0.3, 0.4) is 0 Å². The lowest BCUT2D eigenvalue weighted by atomic mass is 10.00. The molecule has 0 atom stereocenters. The molecule has 106 valence electrons. The minimum absolute atomic E-state index is 0.144. The minimum atomic E-state index is -3.41. The van der Waals surface area contributed by atoms with Crippen molar-refractivity contribution in [3.05, 3.63) is 35.9 Å². The van der Waals surface area contributed by atoms with Crippen molar-refractivity contribution in [3.63, 3.8) is 0 Å². The van der Waals surface area contributed by atoms with Gasteiger partial charge < -0.3 is 5.11 Å². The third kappa shape index (κ3) is 4.01. The lowest BCUT2D eigenvalue weighted by molar-refractivity contribution is 0.169. The number of piperidine rings is 1. The van der Waals surface area contributed by atoms with Gasteiger partial charge in [0, 0.05) is 26.2 Å². The van der Waals surface area contributed by atoms with E-state index < -0.39 is 10.2 Å². The van der Waals surface area contributed by atoms with Crippen molar-refractivity contribution >= 4 is 10.2 Å². The summed E-state index contributed by atoms with van der Waals surface area (Å²) < 4.78 is 28.3. The molecule has 1 heterocycles. The topological polar surface area (TPSA) is 69.6 Å². The van der Waals surface area contributed by atoms with Crippen LogP contribution in [0.25, 0.3) is 0 Å². The molecule has 0 aliphatic carbocycles. The van der Waals surface area contributed by atoms with E-state index in [1.807, 2.05) is 30.3 Å². The second-order valence-electron chi connectivity index (χ2n) is 4.84. The number of aliphatic hydroxyl groups is 1. The summed E-state index contributed by atoms with van der Waals surface area (Å²) in [4.78, 5) is 0. The van der Waals surface area contributed by atoms with Gasteiger partial charge in [-0.15, -0.1) is 0 Å². The smallest absolute Gasteiger partial charge is 0.279 e. The highest BCUT2D eigenvalue weighted by Gasteiger charge is 2.27. The molecule has 0 aromatic heterocycles. The van der Waals surface area contributed by atoms with Crippen molar-refractivity contribution in [2.75, 3.05) is 19.7 Å². The van der Waals surface area contributed by atoms with Crippen LogP contribution in [0.5, 0.6) is 0 Å². The zero-order chi connectivity index (χ0) is 13.7. The molecule has 1 saturated heterocycles. The summed E-state index contributed by atoms with van der Waals surface area (Å²) in [5.74, 6) is 0.237. The van der Waals surface area contributed by atoms with Gasteiger partial charge in [0.05, 0.1) is 0 Å². The average molecular weight is 284 g/mol. The zero-order valence-corrected chi connectivity index (χ0v) is 11.6. The van der Waals surface area contributed by atoms with E-state index in [1.165, 1.54) is 4.31 Å². The second kappa shape index (κ2) is 6.47. The number of hydrogen-bond acceptors (Lipinski definition) is 3. The van der Waals surface area contributed by atoms with Crippen LogP contribution >= 0.6 is 0 Å². The fraction of sp³-hybridized carbons (Fsp3) is 0.538. The van der Waals surface area contributed by atoms with Crippen LogP contribution in [0.15, 0.2) is 30.3 Å². The molecule has 19 heavy (non-hydrogen) atoms. The molecule has 2 rings (SSSR count). The lowest BCUT2D eigenvalue weighted by Crippen LogP contribution is -2.45. The molecule has 6 heteroatoms. The fourth-order valence-corrected chi connectivity index (χ4v) is 3.42. The molecule has 0 amide bonds. The van der Waals surface area contributed by atoms with Gasteiger partial charge in [-0.1, -0.05) is 30.3 Å². The van der Waals surface area contributed by atoms with Crippen LogP contribution in [-0.2, 0) is 16.8 Å². The van der Waals surface area contributed by atoms with Crippen molar-refractivity contribution < 1.29 is 13.5 Å². The Kier molecular flexibility index (Phi) is 4.93. The Balaban J connectivity index is 1.89. The van der Waals surface area contributed by atoms with Gasteiger partial charge in [-0.2, -0.15) is 17.4 Å². The van der Waals surface area contributed by atoms with Gasteiger partial charge in [-0.3, -0.25) is 0 Å². The first kappa shape index (κ1) is 14.5. The predicted molar refractivity (Wildman–Crippen MR) is 73.6 cm³/mol. The molecule has 0 bridgehead atoms. The van der Waals surface area contributed by atoms with E-state index in [2.05, 4.69) is 4.72 Å². The number of aliphatic hydroxyl groups excluding tert-OH is 1. The molecule has 1 aromatic carbocycles. The van der Waals surface area contributed by atoms with Crippen molar-refractivity contribution in [1.82, 2.24) is 9.03 Å². The van der Waals surface area contributed by atoms with E-state index in [4.69, 9.17) is 5.11 Å². The largest absolute Gasteiger partial charge is 0.396 e. The van der Waals surface area contributed by atoms with Gasteiger partial charge >= 0.3 is 0 Å². The summed E-state index contributed by atoms with van der Waals surface area (Å²) in [5.41, 5.74) is 0.941. The van der Waals surface area contributed by atoms with Gasteiger partial charge in [0.1, 0.15) is 0 Å². The molecule has 1 aliphatic heterocycles. The Morgan fingerprint density at radius 3 is 2.42 bits per heavy atom. The van der Waals surface area contributed by atoms with Crippen molar-refractivity contribution in [1.29, 1.82) is 0 Å². The van der Waals surface area contributed by atoms with Gasteiger partial charge in [0.2, 0.25) is 0 Å². The predicted octanol–water partition coefficient (Wildman–Crippen LogP) is 0.725. The Bertz CT molecular complexity index is 482. The Morgan fingerprint density at radius 1 is 1.21 bits per heavy atom. The fourth-order valence-electron chi connectivity index (χ4n) is 2.19. The monoisotopic (exact) mass is 284 g/mol. The SMILES string of the molecule is O=S(=O)(NCc1ccccc1)N1CCC(CO)CC1. The van der Waals surface area contributed by atoms with Crippen LogP contribution in [-0.4, -0.2) is 37.5 Å². The van der Waals surface area contributed by atoms with Crippen LogP contribution < -0.4 is 4.72 Å². The molecule has 1 aliphatic rings. The lowest BCUT2D eigenvalue weighted by Gasteiger charge is -2.30. The third-order valence-corrected chi connectivity index (χ3v) is 5.03. The third-order valence-electron chi connectivity index (χ3n) is 3.47. The first-order chi connectivity index (χ1) is 9.12. The summed E-state index contributed by atoms with van der Waals surface area (Å²) >= 11 is 0. The van der Waals surface area contributed by atoms with Crippen LogP contribution in [0.4, 0.5) is 0 Å². The van der Waals surface area contributed by atoms with E-state index in [1.54, 1.807) is 0 Å². The molecular formula is C13H20N2O3S. The zero-order valence-electron chi connectivity index (χ0n) is 10.8. The maximum absolute atomic E-state index is 12.1. The van der Waals surface area contributed by atoms with E-state index in [-0.39, 0.29) is 12.5 Å². The average Bonchev–Trinajstić information content (AvgIpc) is 2.46. The summed E-state index contributed by atoms with van der Waals surface area (Å²) in [6, 6.07) is 9.45. The number of hydrogen-bond donors (Lipinski definition) is 2. The molecule has 0 saturated carbocycles. The van der Waals surface area contributed by atoms with Crippen molar-refractivity contribution in [2.45, 2.75) is 19.4 Å². The molecule has 0 radical (unpaired) electrons. The molecule has 5 nitrogen and oxygen atoms in total. The quantitative estimate of drug-likeness (QED) is 0.837. The van der Waals surface area contributed by atoms with Crippen LogP contribution in [0.2, 0.25) is 0 Å². The minimum Gasteiger partial charge on any atom is -0.396 e. The molecular weight excluding hydrogens is 264 g/mol. The Labute approximate surface area is 114 Å². The standard InChI is InChI=1S/C13H20N2O3S/c16-11-13-6-8-15(9-7-13)19(17,18)14-10-12-4-2-1-3-5-12/h1-5,13-14,16H,6-11H2. The summed E-state index contributed by atoms with van der Waals surface area (Å²) in [6.45, 7) is 1.42. The van der Waals surface area contributed by atoms with E-state index in [9.17, 15) is 8.42 Å². The maximum Gasteiger partial charge on any atom is 0.279 e. The first-order valence-electron chi connectivity index (χ1n) is 6.51. The second-order valence-corrected chi connectivity index (χ2v) is 6.59. The first-order valence-corrected chi connectivity index (χ1v) is 7.95. The van der Waals surface area contributed by atoms with Gasteiger partial charge in [0.15, 0.2) is 0 Å².